The standard InChI is InChI=1S/C20H25ClN4O/c1-24(13-16-4-3-8-22-11-16)15-20(26)23-12-17-7-9-25(14-17)19-6-2-5-18(21)10-19/h2-6,8,10-11,17H,7,9,12-15H2,1H3,(H,23,26)/t17-/m0/s1. The van der Waals surface area contributed by atoms with Crippen LogP contribution in [-0.4, -0.2) is 49.0 Å². The van der Waals surface area contributed by atoms with Crippen molar-refractivity contribution in [2.24, 2.45) is 5.92 Å². The molecule has 138 valence electrons. The molecule has 1 fully saturated rings. The molecular weight excluding hydrogens is 348 g/mol. The first-order valence-electron chi connectivity index (χ1n) is 8.95. The molecule has 1 N–H and O–H groups in total. The van der Waals surface area contributed by atoms with Gasteiger partial charge in [0, 0.05) is 49.3 Å². The Morgan fingerprint density at radius 1 is 1.38 bits per heavy atom. The number of benzene rings is 1. The van der Waals surface area contributed by atoms with Gasteiger partial charge in [0.2, 0.25) is 5.91 Å². The van der Waals surface area contributed by atoms with E-state index in [1.165, 1.54) is 0 Å². The third-order valence-corrected chi connectivity index (χ3v) is 4.87. The zero-order valence-corrected chi connectivity index (χ0v) is 15.8. The first-order valence-corrected chi connectivity index (χ1v) is 9.32. The number of aromatic nitrogens is 1. The van der Waals surface area contributed by atoms with E-state index in [2.05, 4.69) is 21.3 Å². The van der Waals surface area contributed by atoms with Gasteiger partial charge in [-0.2, -0.15) is 0 Å². The topological polar surface area (TPSA) is 48.5 Å². The molecule has 0 spiro atoms. The predicted octanol–water partition coefficient (Wildman–Crippen LogP) is 2.81. The molecule has 3 rings (SSSR count). The van der Waals surface area contributed by atoms with E-state index in [1.807, 2.05) is 48.5 Å². The highest BCUT2D eigenvalue weighted by atomic mass is 35.5. The summed E-state index contributed by atoms with van der Waals surface area (Å²) < 4.78 is 0. The van der Waals surface area contributed by atoms with Crippen LogP contribution in [0.15, 0.2) is 48.8 Å². The number of hydrogen-bond acceptors (Lipinski definition) is 4. The normalized spacial score (nSPS) is 16.9. The van der Waals surface area contributed by atoms with Crippen LogP contribution >= 0.6 is 11.6 Å². The maximum atomic E-state index is 12.2. The number of anilines is 1. The Kier molecular flexibility index (Phi) is 6.47. The minimum absolute atomic E-state index is 0.0672. The maximum absolute atomic E-state index is 12.2. The van der Waals surface area contributed by atoms with Gasteiger partial charge in [0.1, 0.15) is 0 Å². The van der Waals surface area contributed by atoms with Crippen LogP contribution in [0.5, 0.6) is 0 Å². The van der Waals surface area contributed by atoms with Gasteiger partial charge in [-0.3, -0.25) is 14.7 Å². The van der Waals surface area contributed by atoms with Crippen molar-refractivity contribution in [2.75, 3.05) is 38.1 Å². The summed E-state index contributed by atoms with van der Waals surface area (Å²) in [6.45, 7) is 3.78. The minimum atomic E-state index is 0.0672. The highest BCUT2D eigenvalue weighted by Gasteiger charge is 2.23. The second kappa shape index (κ2) is 9.01. The summed E-state index contributed by atoms with van der Waals surface area (Å²) in [6, 6.07) is 11.9. The highest BCUT2D eigenvalue weighted by molar-refractivity contribution is 6.30. The number of amides is 1. The number of pyridine rings is 1. The fraction of sp³-hybridized carbons (Fsp3) is 0.400. The summed E-state index contributed by atoms with van der Waals surface area (Å²) in [7, 11) is 1.95. The van der Waals surface area contributed by atoms with Crippen molar-refractivity contribution in [1.82, 2.24) is 15.2 Å². The lowest BCUT2D eigenvalue weighted by Gasteiger charge is -2.20. The van der Waals surface area contributed by atoms with E-state index in [0.717, 1.165) is 42.3 Å². The van der Waals surface area contributed by atoms with Gasteiger partial charge in [0.05, 0.1) is 6.54 Å². The summed E-state index contributed by atoms with van der Waals surface area (Å²) >= 11 is 6.08. The number of halogens is 1. The Morgan fingerprint density at radius 3 is 3.04 bits per heavy atom. The molecule has 1 aromatic carbocycles. The van der Waals surface area contributed by atoms with Crippen molar-refractivity contribution in [3.63, 3.8) is 0 Å². The van der Waals surface area contributed by atoms with E-state index in [1.54, 1.807) is 6.20 Å². The van der Waals surface area contributed by atoms with Gasteiger partial charge < -0.3 is 10.2 Å². The summed E-state index contributed by atoms with van der Waals surface area (Å²) in [5, 5.41) is 3.84. The van der Waals surface area contributed by atoms with E-state index in [4.69, 9.17) is 11.6 Å². The van der Waals surface area contributed by atoms with E-state index in [9.17, 15) is 4.79 Å². The molecule has 1 saturated heterocycles. The Hall–Kier alpha value is -2.11. The average molecular weight is 373 g/mol. The largest absolute Gasteiger partial charge is 0.371 e. The number of nitrogens with zero attached hydrogens (tertiary/aromatic N) is 3. The molecule has 0 bridgehead atoms. The second-order valence-electron chi connectivity index (χ2n) is 6.92. The first kappa shape index (κ1) is 18.7. The molecule has 0 saturated carbocycles. The average Bonchev–Trinajstić information content (AvgIpc) is 3.10. The Bertz CT molecular complexity index is 725. The maximum Gasteiger partial charge on any atom is 0.234 e. The quantitative estimate of drug-likeness (QED) is 0.812. The fourth-order valence-corrected chi connectivity index (χ4v) is 3.51. The molecule has 0 aliphatic carbocycles. The Balaban J connectivity index is 1.39. The number of carbonyl (C=O) groups excluding carboxylic acids is 1. The molecule has 1 aliphatic heterocycles. The third kappa shape index (κ3) is 5.44. The van der Waals surface area contributed by atoms with Gasteiger partial charge >= 0.3 is 0 Å². The summed E-state index contributed by atoms with van der Waals surface area (Å²) in [5.41, 5.74) is 2.26. The van der Waals surface area contributed by atoms with Crippen LogP contribution in [0.25, 0.3) is 0 Å². The molecule has 1 amide bonds. The first-order chi connectivity index (χ1) is 12.6. The van der Waals surface area contributed by atoms with Crippen molar-refractivity contribution in [3.05, 3.63) is 59.4 Å². The predicted molar refractivity (Wildman–Crippen MR) is 105 cm³/mol. The van der Waals surface area contributed by atoms with Gasteiger partial charge in [-0.15, -0.1) is 0 Å². The second-order valence-corrected chi connectivity index (χ2v) is 7.35. The summed E-state index contributed by atoms with van der Waals surface area (Å²) in [6.07, 6.45) is 4.67. The van der Waals surface area contributed by atoms with Crippen LogP contribution in [0.4, 0.5) is 5.69 Å². The fourth-order valence-electron chi connectivity index (χ4n) is 3.33. The van der Waals surface area contributed by atoms with Gasteiger partial charge in [-0.1, -0.05) is 23.7 Å². The molecule has 2 aromatic rings. The molecule has 0 radical (unpaired) electrons. The Labute approximate surface area is 160 Å². The lowest BCUT2D eigenvalue weighted by atomic mass is 10.1. The van der Waals surface area contributed by atoms with Gasteiger partial charge in [0.15, 0.2) is 0 Å². The van der Waals surface area contributed by atoms with Crippen LogP contribution in [0.2, 0.25) is 5.02 Å². The monoisotopic (exact) mass is 372 g/mol. The van der Waals surface area contributed by atoms with Crippen molar-refractivity contribution in [2.45, 2.75) is 13.0 Å². The van der Waals surface area contributed by atoms with Crippen LogP contribution in [0.1, 0.15) is 12.0 Å². The van der Waals surface area contributed by atoms with Crippen LogP contribution in [0.3, 0.4) is 0 Å². The van der Waals surface area contributed by atoms with Gasteiger partial charge in [-0.05, 0) is 49.2 Å². The van der Waals surface area contributed by atoms with Crippen LogP contribution in [0, 0.1) is 5.92 Å². The summed E-state index contributed by atoms with van der Waals surface area (Å²) in [4.78, 5) is 20.6. The number of likely N-dealkylation sites (N-methyl/N-ethyl adjacent to an activating group) is 1. The van der Waals surface area contributed by atoms with E-state index in [0.29, 0.717) is 19.0 Å². The molecule has 2 heterocycles. The molecule has 5 nitrogen and oxygen atoms in total. The number of nitrogens with one attached hydrogen (secondary N) is 1. The third-order valence-electron chi connectivity index (χ3n) is 4.64. The van der Waals surface area contributed by atoms with Crippen molar-refractivity contribution < 1.29 is 4.79 Å². The van der Waals surface area contributed by atoms with Crippen molar-refractivity contribution in [1.29, 1.82) is 0 Å². The van der Waals surface area contributed by atoms with Crippen molar-refractivity contribution in [3.8, 4) is 0 Å². The Morgan fingerprint density at radius 2 is 2.27 bits per heavy atom. The molecule has 1 aliphatic rings. The molecule has 1 atom stereocenters. The molecule has 6 heteroatoms. The lowest BCUT2D eigenvalue weighted by Crippen LogP contribution is -2.37. The summed E-state index contributed by atoms with van der Waals surface area (Å²) in [5.74, 6) is 0.541. The van der Waals surface area contributed by atoms with Gasteiger partial charge in [-0.25, -0.2) is 0 Å². The zero-order valence-electron chi connectivity index (χ0n) is 15.1. The van der Waals surface area contributed by atoms with Gasteiger partial charge in [0.25, 0.3) is 0 Å². The zero-order chi connectivity index (χ0) is 18.4. The van der Waals surface area contributed by atoms with E-state index >= 15 is 0 Å². The molecule has 1 aromatic heterocycles. The SMILES string of the molecule is CN(CC(=O)NC[C@@H]1CCN(c2cccc(Cl)c2)C1)Cc1cccnc1. The smallest absolute Gasteiger partial charge is 0.234 e. The van der Waals surface area contributed by atoms with Crippen LogP contribution in [-0.2, 0) is 11.3 Å². The molecule has 26 heavy (non-hydrogen) atoms. The minimum Gasteiger partial charge on any atom is -0.371 e. The number of carbonyl (C=O) groups is 1. The number of rotatable bonds is 7. The molecule has 0 unspecified atom stereocenters. The highest BCUT2D eigenvalue weighted by Crippen LogP contribution is 2.25. The number of hydrogen-bond donors (Lipinski definition) is 1. The van der Waals surface area contributed by atoms with E-state index in [-0.39, 0.29) is 5.91 Å². The van der Waals surface area contributed by atoms with Crippen molar-refractivity contribution >= 4 is 23.2 Å². The lowest BCUT2D eigenvalue weighted by molar-refractivity contribution is -0.122. The molecular formula is C20H25ClN4O. The van der Waals surface area contributed by atoms with Crippen LogP contribution < -0.4 is 10.2 Å². The van der Waals surface area contributed by atoms with E-state index < -0.39 is 0 Å².